The number of aryl methyl sites for hydroxylation is 1. The Morgan fingerprint density at radius 2 is 2.05 bits per heavy atom. The molecule has 4 heteroatoms. The first-order chi connectivity index (χ1) is 9.20. The lowest BCUT2D eigenvalue weighted by atomic mass is 10.1. The number of nitrogens with one attached hydrogen (secondary N) is 1. The zero-order valence-corrected chi connectivity index (χ0v) is 12.1. The minimum atomic E-state index is 0.0642. The molecule has 19 heavy (non-hydrogen) atoms. The molecule has 1 unspecified atom stereocenters. The number of ether oxygens (including phenoxy) is 2. The molecule has 1 aromatic carbocycles. The molecule has 106 valence electrons. The molecule has 0 amide bonds. The Bertz CT molecular complexity index is 403. The second-order valence-electron chi connectivity index (χ2n) is 5.09. The average molecular weight is 264 g/mol. The van der Waals surface area contributed by atoms with Gasteiger partial charge in [-0.15, -0.1) is 0 Å². The number of anilines is 1. The Kier molecular flexibility index (Phi) is 5.05. The first kappa shape index (κ1) is 14.2. The van der Waals surface area contributed by atoms with Gasteiger partial charge in [-0.2, -0.15) is 0 Å². The van der Waals surface area contributed by atoms with Crippen LogP contribution in [0.2, 0.25) is 0 Å². The van der Waals surface area contributed by atoms with Crippen molar-refractivity contribution in [3.05, 3.63) is 23.8 Å². The van der Waals surface area contributed by atoms with Crippen molar-refractivity contribution < 1.29 is 9.47 Å². The van der Waals surface area contributed by atoms with Crippen LogP contribution in [0, 0.1) is 6.92 Å². The molecule has 4 nitrogen and oxygen atoms in total. The lowest BCUT2D eigenvalue weighted by molar-refractivity contribution is 0.0923. The fourth-order valence-electron chi connectivity index (χ4n) is 2.37. The predicted octanol–water partition coefficient (Wildman–Crippen LogP) is 1.82. The highest BCUT2D eigenvalue weighted by Gasteiger charge is 2.16. The van der Waals surface area contributed by atoms with Gasteiger partial charge in [-0.25, -0.2) is 0 Å². The molecule has 1 aliphatic heterocycles. The SMILES string of the molecule is COCC(C)Oc1ccc(C)cc1N1CCNCC1. The third kappa shape index (κ3) is 3.85. The number of benzene rings is 1. The van der Waals surface area contributed by atoms with Crippen LogP contribution in [0.5, 0.6) is 5.75 Å². The fourth-order valence-corrected chi connectivity index (χ4v) is 2.37. The third-order valence-corrected chi connectivity index (χ3v) is 3.30. The van der Waals surface area contributed by atoms with Gasteiger partial charge in [0.15, 0.2) is 0 Å². The molecule has 1 saturated heterocycles. The molecular formula is C15H24N2O2. The van der Waals surface area contributed by atoms with Gasteiger partial charge < -0.3 is 19.7 Å². The van der Waals surface area contributed by atoms with Crippen molar-refractivity contribution in [2.24, 2.45) is 0 Å². The van der Waals surface area contributed by atoms with Crippen LogP contribution in [0.3, 0.4) is 0 Å². The summed E-state index contributed by atoms with van der Waals surface area (Å²) in [5.41, 5.74) is 2.46. The van der Waals surface area contributed by atoms with E-state index in [0.29, 0.717) is 6.61 Å². The number of hydrogen-bond acceptors (Lipinski definition) is 4. The van der Waals surface area contributed by atoms with Gasteiger partial charge in [-0.05, 0) is 31.5 Å². The van der Waals surface area contributed by atoms with E-state index >= 15 is 0 Å². The normalized spacial score (nSPS) is 17.3. The van der Waals surface area contributed by atoms with E-state index in [4.69, 9.17) is 9.47 Å². The molecule has 0 bridgehead atoms. The van der Waals surface area contributed by atoms with E-state index in [1.54, 1.807) is 7.11 Å². The summed E-state index contributed by atoms with van der Waals surface area (Å²) in [4.78, 5) is 2.39. The maximum atomic E-state index is 6.01. The molecule has 1 atom stereocenters. The topological polar surface area (TPSA) is 33.7 Å². The maximum absolute atomic E-state index is 6.01. The molecule has 1 aliphatic rings. The Labute approximate surface area is 115 Å². The lowest BCUT2D eigenvalue weighted by Gasteiger charge is -2.31. The van der Waals surface area contributed by atoms with Crippen molar-refractivity contribution in [3.63, 3.8) is 0 Å². The summed E-state index contributed by atoms with van der Waals surface area (Å²) in [6, 6.07) is 6.37. The second-order valence-corrected chi connectivity index (χ2v) is 5.09. The Balaban J connectivity index is 2.16. The van der Waals surface area contributed by atoms with Gasteiger partial charge in [-0.1, -0.05) is 6.07 Å². The highest BCUT2D eigenvalue weighted by Crippen LogP contribution is 2.30. The standard InChI is InChI=1S/C15H24N2O2/c1-12-4-5-15(19-13(2)11-18-3)14(10-12)17-8-6-16-7-9-17/h4-5,10,13,16H,6-9,11H2,1-3H3. The lowest BCUT2D eigenvalue weighted by Crippen LogP contribution is -2.43. The zero-order chi connectivity index (χ0) is 13.7. The first-order valence-corrected chi connectivity index (χ1v) is 6.92. The van der Waals surface area contributed by atoms with Crippen molar-refractivity contribution in [1.82, 2.24) is 5.32 Å². The van der Waals surface area contributed by atoms with Gasteiger partial charge in [0.2, 0.25) is 0 Å². The predicted molar refractivity (Wildman–Crippen MR) is 78.2 cm³/mol. The van der Waals surface area contributed by atoms with Crippen molar-refractivity contribution in [3.8, 4) is 5.75 Å². The molecule has 2 rings (SSSR count). The van der Waals surface area contributed by atoms with E-state index in [0.717, 1.165) is 31.9 Å². The summed E-state index contributed by atoms with van der Waals surface area (Å²) >= 11 is 0. The van der Waals surface area contributed by atoms with Crippen molar-refractivity contribution in [2.45, 2.75) is 20.0 Å². The summed E-state index contributed by atoms with van der Waals surface area (Å²) in [5, 5.41) is 3.38. The van der Waals surface area contributed by atoms with Crippen LogP contribution in [-0.4, -0.2) is 46.0 Å². The first-order valence-electron chi connectivity index (χ1n) is 6.92. The van der Waals surface area contributed by atoms with Crippen LogP contribution in [0.4, 0.5) is 5.69 Å². The van der Waals surface area contributed by atoms with E-state index in [9.17, 15) is 0 Å². The molecule has 1 N–H and O–H groups in total. The minimum absolute atomic E-state index is 0.0642. The van der Waals surface area contributed by atoms with Crippen LogP contribution in [0.25, 0.3) is 0 Å². The number of rotatable bonds is 5. The molecular weight excluding hydrogens is 240 g/mol. The summed E-state index contributed by atoms with van der Waals surface area (Å²) in [6.07, 6.45) is 0.0642. The molecule has 0 radical (unpaired) electrons. The van der Waals surface area contributed by atoms with E-state index in [-0.39, 0.29) is 6.10 Å². The summed E-state index contributed by atoms with van der Waals surface area (Å²) in [7, 11) is 1.70. The second kappa shape index (κ2) is 6.78. The maximum Gasteiger partial charge on any atom is 0.143 e. The molecule has 1 aromatic rings. The number of piperazine rings is 1. The van der Waals surface area contributed by atoms with Gasteiger partial charge in [0, 0.05) is 33.3 Å². The van der Waals surface area contributed by atoms with Crippen LogP contribution in [-0.2, 0) is 4.74 Å². The van der Waals surface area contributed by atoms with Gasteiger partial charge in [0.05, 0.1) is 12.3 Å². The zero-order valence-electron chi connectivity index (χ0n) is 12.1. The van der Waals surface area contributed by atoms with Crippen LogP contribution in [0.1, 0.15) is 12.5 Å². The molecule has 1 heterocycles. The Morgan fingerprint density at radius 1 is 1.32 bits per heavy atom. The number of hydrogen-bond donors (Lipinski definition) is 1. The molecule has 0 saturated carbocycles. The van der Waals surface area contributed by atoms with Crippen LogP contribution < -0.4 is 15.0 Å². The van der Waals surface area contributed by atoms with E-state index in [2.05, 4.69) is 35.3 Å². The van der Waals surface area contributed by atoms with Crippen molar-refractivity contribution in [1.29, 1.82) is 0 Å². The van der Waals surface area contributed by atoms with Gasteiger partial charge in [-0.3, -0.25) is 0 Å². The van der Waals surface area contributed by atoms with Gasteiger partial charge in [0.25, 0.3) is 0 Å². The van der Waals surface area contributed by atoms with E-state index in [1.165, 1.54) is 11.3 Å². The summed E-state index contributed by atoms with van der Waals surface area (Å²) in [5.74, 6) is 0.956. The number of nitrogens with zero attached hydrogens (tertiary/aromatic N) is 1. The van der Waals surface area contributed by atoms with Gasteiger partial charge >= 0.3 is 0 Å². The smallest absolute Gasteiger partial charge is 0.143 e. The highest BCUT2D eigenvalue weighted by atomic mass is 16.5. The van der Waals surface area contributed by atoms with Crippen molar-refractivity contribution >= 4 is 5.69 Å². The summed E-state index contributed by atoms with van der Waals surface area (Å²) < 4.78 is 11.1. The molecule has 0 spiro atoms. The number of methoxy groups -OCH3 is 1. The van der Waals surface area contributed by atoms with Crippen molar-refractivity contribution in [2.75, 3.05) is 44.8 Å². The van der Waals surface area contributed by atoms with Gasteiger partial charge in [0.1, 0.15) is 11.9 Å². The summed E-state index contributed by atoms with van der Waals surface area (Å²) in [6.45, 7) is 8.87. The van der Waals surface area contributed by atoms with Crippen LogP contribution in [0.15, 0.2) is 18.2 Å². The Morgan fingerprint density at radius 3 is 2.74 bits per heavy atom. The molecule has 0 aromatic heterocycles. The fraction of sp³-hybridized carbons (Fsp3) is 0.600. The average Bonchev–Trinajstić information content (AvgIpc) is 2.42. The third-order valence-electron chi connectivity index (χ3n) is 3.30. The minimum Gasteiger partial charge on any atom is -0.486 e. The van der Waals surface area contributed by atoms with E-state index < -0.39 is 0 Å². The molecule has 1 fully saturated rings. The highest BCUT2D eigenvalue weighted by molar-refractivity contribution is 5.60. The van der Waals surface area contributed by atoms with E-state index in [1.807, 2.05) is 6.92 Å². The van der Waals surface area contributed by atoms with Crippen LogP contribution >= 0.6 is 0 Å². The monoisotopic (exact) mass is 264 g/mol. The molecule has 0 aliphatic carbocycles. The Hall–Kier alpha value is -1.26. The largest absolute Gasteiger partial charge is 0.486 e. The quantitative estimate of drug-likeness (QED) is 0.879.